The van der Waals surface area contributed by atoms with E-state index in [1.54, 1.807) is 0 Å². The highest BCUT2D eigenvalue weighted by atomic mass is 35.5. The highest BCUT2D eigenvalue weighted by molar-refractivity contribution is 6.17. The molecule has 0 saturated carbocycles. The number of hydrogen-bond donors (Lipinski definition) is 4. The van der Waals surface area contributed by atoms with Crippen molar-refractivity contribution in [3.8, 4) is 11.5 Å². The molecule has 0 heterocycles. The normalized spacial score (nSPS) is 13.0. The van der Waals surface area contributed by atoms with E-state index in [9.17, 15) is 5.11 Å². The van der Waals surface area contributed by atoms with Crippen molar-refractivity contribution < 1.29 is 19.7 Å². The number of rotatable bonds is 13. The van der Waals surface area contributed by atoms with Gasteiger partial charge in [-0.1, -0.05) is 38.1 Å². The maximum atomic E-state index is 10.1. The van der Waals surface area contributed by atoms with Gasteiger partial charge in [0.05, 0.1) is 25.5 Å². The first-order chi connectivity index (χ1) is 15.3. The van der Waals surface area contributed by atoms with E-state index in [4.69, 9.17) is 37.8 Å². The van der Waals surface area contributed by atoms with Gasteiger partial charge in [0.1, 0.15) is 24.2 Å². The number of nitrogens with two attached hydrogens (primary N) is 2. The smallest absolute Gasteiger partial charge is 0.119 e. The van der Waals surface area contributed by atoms with Crippen molar-refractivity contribution in [2.75, 3.05) is 32.2 Å². The Labute approximate surface area is 195 Å². The summed E-state index contributed by atoms with van der Waals surface area (Å²) < 4.78 is 11.4. The molecule has 0 aromatic heterocycles. The minimum absolute atomic E-state index is 0.0604. The third kappa shape index (κ3) is 7.31. The average Bonchev–Trinajstić information content (AvgIpc) is 2.79. The van der Waals surface area contributed by atoms with Gasteiger partial charge in [-0.2, -0.15) is 0 Å². The van der Waals surface area contributed by atoms with Crippen LogP contribution in [0.4, 0.5) is 0 Å². The molecule has 2 aromatic carbocycles. The number of alkyl halides is 1. The fourth-order valence-electron chi connectivity index (χ4n) is 3.18. The van der Waals surface area contributed by atoms with Crippen molar-refractivity contribution in [3.63, 3.8) is 0 Å². The van der Waals surface area contributed by atoms with Crippen LogP contribution in [0.25, 0.3) is 0 Å². The van der Waals surface area contributed by atoms with Gasteiger partial charge in [0.15, 0.2) is 0 Å². The van der Waals surface area contributed by atoms with Gasteiger partial charge in [0, 0.05) is 17.5 Å². The van der Waals surface area contributed by atoms with E-state index in [2.05, 4.69) is 26.0 Å². The van der Waals surface area contributed by atoms with Gasteiger partial charge in [-0.3, -0.25) is 0 Å². The van der Waals surface area contributed by atoms with Crippen LogP contribution in [0.1, 0.15) is 31.4 Å². The first kappa shape index (κ1) is 25.8. The largest absolute Gasteiger partial charge is 0.494 e. The van der Waals surface area contributed by atoms with Crippen molar-refractivity contribution in [2.45, 2.75) is 31.8 Å². The summed E-state index contributed by atoms with van der Waals surface area (Å²) in [5.41, 5.74) is 7.80. The van der Waals surface area contributed by atoms with E-state index in [-0.39, 0.29) is 25.2 Å². The predicted octanol–water partition coefficient (Wildman–Crippen LogP) is 2.73. The Morgan fingerprint density at radius 1 is 1.06 bits per heavy atom. The van der Waals surface area contributed by atoms with Crippen LogP contribution in [0.5, 0.6) is 11.5 Å². The van der Waals surface area contributed by atoms with Gasteiger partial charge in [-0.25, -0.2) is 5.84 Å². The van der Waals surface area contributed by atoms with Crippen LogP contribution in [0, 0.1) is 0 Å². The van der Waals surface area contributed by atoms with Gasteiger partial charge < -0.3 is 30.4 Å². The van der Waals surface area contributed by atoms with Crippen LogP contribution in [0.3, 0.4) is 0 Å². The van der Waals surface area contributed by atoms with Crippen LogP contribution in [-0.2, 0) is 5.41 Å². The molecule has 1 atom stereocenters. The molecule has 2 rings (SSSR count). The van der Waals surface area contributed by atoms with Gasteiger partial charge in [0.2, 0.25) is 0 Å². The Kier molecular flexibility index (Phi) is 10.1. The Hall–Kier alpha value is -2.45. The van der Waals surface area contributed by atoms with Gasteiger partial charge in [-0.05, 0) is 41.8 Å². The quantitative estimate of drug-likeness (QED) is 0.156. The molecule has 0 amide bonds. The Morgan fingerprint density at radius 3 is 2.06 bits per heavy atom. The van der Waals surface area contributed by atoms with E-state index < -0.39 is 6.10 Å². The highest BCUT2D eigenvalue weighted by Crippen LogP contribution is 2.33. The lowest BCUT2D eigenvalue weighted by atomic mass is 9.78. The number of nitrogens with zero attached hydrogens (tertiary/aromatic N) is 1. The fourth-order valence-corrected chi connectivity index (χ4v) is 3.28. The molecular weight excluding hydrogens is 430 g/mol. The third-order valence-electron chi connectivity index (χ3n) is 5.27. The molecule has 6 N–H and O–H groups in total. The topological polar surface area (TPSA) is 114 Å². The average molecular weight is 464 g/mol. The molecule has 0 aliphatic rings. The molecule has 0 fully saturated rings. The van der Waals surface area contributed by atoms with Crippen molar-refractivity contribution >= 4 is 11.6 Å². The SMILES string of the molecule is CC(C)(c1ccc(OCCCCl)cc1)c1ccc(OCC(O)CN(N)/C(=C\N)CO)cc1. The zero-order valence-electron chi connectivity index (χ0n) is 18.7. The molecule has 32 heavy (non-hydrogen) atoms. The van der Waals surface area contributed by atoms with Crippen LogP contribution in [-0.4, -0.2) is 53.6 Å². The van der Waals surface area contributed by atoms with Crippen molar-refractivity contribution in [1.82, 2.24) is 5.01 Å². The summed E-state index contributed by atoms with van der Waals surface area (Å²) in [5, 5.41) is 20.5. The minimum atomic E-state index is -0.845. The van der Waals surface area contributed by atoms with Crippen molar-refractivity contribution in [3.05, 3.63) is 71.6 Å². The van der Waals surface area contributed by atoms with E-state index in [1.807, 2.05) is 36.4 Å². The summed E-state index contributed by atoms with van der Waals surface area (Å²) in [5.74, 6) is 7.84. The lowest BCUT2D eigenvalue weighted by Crippen LogP contribution is -2.40. The van der Waals surface area contributed by atoms with E-state index >= 15 is 0 Å². The molecule has 8 heteroatoms. The number of hydrogen-bond acceptors (Lipinski definition) is 7. The Balaban J connectivity index is 1.94. The van der Waals surface area contributed by atoms with Crippen molar-refractivity contribution in [2.24, 2.45) is 11.6 Å². The fraction of sp³-hybridized carbons (Fsp3) is 0.417. The summed E-state index contributed by atoms with van der Waals surface area (Å²) in [7, 11) is 0. The molecule has 2 aromatic rings. The van der Waals surface area contributed by atoms with E-state index in [0.29, 0.717) is 23.9 Å². The second-order valence-electron chi connectivity index (χ2n) is 8.00. The van der Waals surface area contributed by atoms with Gasteiger partial charge >= 0.3 is 0 Å². The van der Waals surface area contributed by atoms with Crippen LogP contribution >= 0.6 is 11.6 Å². The molecule has 0 saturated heterocycles. The third-order valence-corrected chi connectivity index (χ3v) is 5.54. The first-order valence-corrected chi connectivity index (χ1v) is 11.1. The van der Waals surface area contributed by atoms with Gasteiger partial charge in [-0.15, -0.1) is 11.6 Å². The second kappa shape index (κ2) is 12.6. The molecule has 176 valence electrons. The number of benzene rings is 2. The summed E-state index contributed by atoms with van der Waals surface area (Å²) in [6, 6.07) is 15.9. The van der Waals surface area contributed by atoms with Crippen molar-refractivity contribution in [1.29, 1.82) is 0 Å². The molecule has 0 radical (unpaired) electrons. The maximum Gasteiger partial charge on any atom is 0.119 e. The molecular formula is C24H34ClN3O4. The summed E-state index contributed by atoms with van der Waals surface area (Å²) in [4.78, 5) is 0. The summed E-state index contributed by atoms with van der Waals surface area (Å²) >= 11 is 5.69. The number of aliphatic hydroxyl groups is 2. The van der Waals surface area contributed by atoms with Crippen LogP contribution in [0.2, 0.25) is 0 Å². The van der Waals surface area contributed by atoms with Crippen LogP contribution < -0.4 is 21.1 Å². The predicted molar refractivity (Wildman–Crippen MR) is 128 cm³/mol. The number of aliphatic hydroxyl groups excluding tert-OH is 2. The minimum Gasteiger partial charge on any atom is -0.494 e. The van der Waals surface area contributed by atoms with E-state index in [0.717, 1.165) is 17.7 Å². The molecule has 1 unspecified atom stereocenters. The summed E-state index contributed by atoms with van der Waals surface area (Å²) in [6.07, 6.45) is 1.18. The number of ether oxygens (including phenoxy) is 2. The first-order valence-electron chi connectivity index (χ1n) is 10.6. The summed E-state index contributed by atoms with van der Waals surface area (Å²) in [6.45, 7) is 4.77. The zero-order valence-corrected chi connectivity index (χ0v) is 19.5. The zero-order chi connectivity index (χ0) is 23.6. The molecule has 0 bridgehead atoms. The molecule has 7 nitrogen and oxygen atoms in total. The molecule has 0 spiro atoms. The molecule has 0 aliphatic heterocycles. The maximum absolute atomic E-state index is 10.1. The van der Waals surface area contributed by atoms with Gasteiger partial charge in [0.25, 0.3) is 0 Å². The van der Waals surface area contributed by atoms with Crippen LogP contribution in [0.15, 0.2) is 60.4 Å². The second-order valence-corrected chi connectivity index (χ2v) is 8.38. The molecule has 0 aliphatic carbocycles. The lowest BCUT2D eigenvalue weighted by molar-refractivity contribution is 0.0745. The highest BCUT2D eigenvalue weighted by Gasteiger charge is 2.23. The Morgan fingerprint density at radius 2 is 1.59 bits per heavy atom. The number of halogens is 1. The Bertz CT molecular complexity index is 841. The standard InChI is InChI=1S/C24H34ClN3O4/c1-24(2,18-4-8-22(9-5-18)31-13-3-12-25)19-6-10-23(11-7-19)32-17-21(30)15-28(27)20(14-26)16-29/h4-11,14,21,29-30H,3,12-13,15-17,26-27H2,1-2H3/b20-14-. The monoisotopic (exact) mass is 463 g/mol. The lowest BCUT2D eigenvalue weighted by Gasteiger charge is -2.27. The van der Waals surface area contributed by atoms with E-state index in [1.165, 1.54) is 16.8 Å². The number of hydrazine groups is 1.